The maximum absolute atomic E-state index is 12.3. The monoisotopic (exact) mass is 451 g/mol. The Hall–Kier alpha value is -3.28. The van der Waals surface area contributed by atoms with Crippen molar-refractivity contribution in [3.05, 3.63) is 57.2 Å². The fourth-order valence-corrected chi connectivity index (χ4v) is 4.54. The van der Waals surface area contributed by atoms with E-state index < -0.39 is 23.3 Å². The lowest BCUT2D eigenvalue weighted by atomic mass is 9.58. The Bertz CT molecular complexity index is 1030. The highest BCUT2D eigenvalue weighted by Gasteiger charge is 2.54. The molecule has 1 amide bonds. The molecule has 146 valence electrons. The Labute approximate surface area is 177 Å². The van der Waals surface area contributed by atoms with Crippen LogP contribution in [0.3, 0.4) is 0 Å². The van der Waals surface area contributed by atoms with Crippen molar-refractivity contribution in [2.75, 3.05) is 19.7 Å². The average molecular weight is 452 g/mol. The summed E-state index contributed by atoms with van der Waals surface area (Å²) in [6.45, 7) is 2.44. The van der Waals surface area contributed by atoms with Crippen LogP contribution in [0.1, 0.15) is 18.4 Å². The molecule has 0 radical (unpaired) electrons. The first kappa shape index (κ1) is 20.5. The van der Waals surface area contributed by atoms with Gasteiger partial charge in [-0.2, -0.15) is 15.8 Å². The lowest BCUT2D eigenvalue weighted by Crippen LogP contribution is -2.49. The molecule has 1 aliphatic carbocycles. The SMILES string of the molecule is CCOC(=O)N1CC=C2C(C#N)=C(N)C(C#N)(C#N)C(c3cccc(Br)c3)C2C1. The summed E-state index contributed by atoms with van der Waals surface area (Å²) in [6, 6.07) is 13.5. The van der Waals surface area contributed by atoms with E-state index in [1.807, 2.05) is 24.3 Å². The van der Waals surface area contributed by atoms with Gasteiger partial charge in [-0.1, -0.05) is 34.1 Å². The first-order valence-electron chi connectivity index (χ1n) is 9.03. The van der Waals surface area contributed by atoms with Gasteiger partial charge in [0.1, 0.15) is 6.07 Å². The molecule has 0 saturated heterocycles. The highest BCUT2D eigenvalue weighted by Crippen LogP contribution is 2.54. The molecule has 1 aromatic carbocycles. The van der Waals surface area contributed by atoms with Gasteiger partial charge in [-0.05, 0) is 30.2 Å². The van der Waals surface area contributed by atoms with Crippen molar-refractivity contribution in [1.29, 1.82) is 15.8 Å². The van der Waals surface area contributed by atoms with Gasteiger partial charge in [0.25, 0.3) is 0 Å². The smallest absolute Gasteiger partial charge is 0.410 e. The number of allylic oxidation sites excluding steroid dienone is 2. The number of carbonyl (C=O) groups excluding carboxylic acids is 1. The lowest BCUT2D eigenvalue weighted by Gasteiger charge is -2.45. The molecular weight excluding hydrogens is 434 g/mol. The number of hydrogen-bond donors (Lipinski definition) is 1. The molecule has 1 heterocycles. The van der Waals surface area contributed by atoms with Crippen LogP contribution in [0.15, 0.2) is 51.7 Å². The maximum atomic E-state index is 12.3. The van der Waals surface area contributed by atoms with Crippen molar-refractivity contribution in [2.24, 2.45) is 17.1 Å². The minimum absolute atomic E-state index is 0.0398. The number of rotatable bonds is 2. The number of benzene rings is 1. The van der Waals surface area contributed by atoms with Crippen molar-refractivity contribution >= 4 is 22.0 Å². The Morgan fingerprint density at radius 2 is 2.10 bits per heavy atom. The van der Waals surface area contributed by atoms with Crippen LogP contribution < -0.4 is 5.73 Å². The van der Waals surface area contributed by atoms with Gasteiger partial charge in [0.05, 0.1) is 30.0 Å². The third-order valence-corrected chi connectivity index (χ3v) is 5.89. The molecule has 3 rings (SSSR count). The van der Waals surface area contributed by atoms with Crippen LogP contribution >= 0.6 is 15.9 Å². The summed E-state index contributed by atoms with van der Waals surface area (Å²) in [5, 5.41) is 29.8. The van der Waals surface area contributed by atoms with E-state index in [4.69, 9.17) is 10.5 Å². The minimum Gasteiger partial charge on any atom is -0.450 e. The van der Waals surface area contributed by atoms with Gasteiger partial charge in [-0.15, -0.1) is 0 Å². The van der Waals surface area contributed by atoms with E-state index in [0.717, 1.165) is 10.0 Å². The molecule has 0 aromatic heterocycles. The molecule has 2 unspecified atom stereocenters. The van der Waals surface area contributed by atoms with Gasteiger partial charge in [0, 0.05) is 29.4 Å². The van der Waals surface area contributed by atoms with E-state index in [1.54, 1.807) is 13.0 Å². The van der Waals surface area contributed by atoms with Crippen molar-refractivity contribution in [1.82, 2.24) is 4.90 Å². The molecule has 1 aliphatic heterocycles. The van der Waals surface area contributed by atoms with Crippen molar-refractivity contribution in [3.63, 3.8) is 0 Å². The topological polar surface area (TPSA) is 127 Å². The first-order chi connectivity index (χ1) is 13.9. The lowest BCUT2D eigenvalue weighted by molar-refractivity contribution is 0.0999. The Morgan fingerprint density at radius 3 is 2.69 bits per heavy atom. The zero-order valence-electron chi connectivity index (χ0n) is 15.7. The molecule has 2 atom stereocenters. The van der Waals surface area contributed by atoms with E-state index in [0.29, 0.717) is 5.57 Å². The number of nitrogens with two attached hydrogens (primary N) is 1. The highest BCUT2D eigenvalue weighted by atomic mass is 79.9. The second kappa shape index (κ2) is 7.99. The van der Waals surface area contributed by atoms with Crippen LogP contribution in [0.25, 0.3) is 0 Å². The number of halogens is 1. The van der Waals surface area contributed by atoms with Gasteiger partial charge in [0.15, 0.2) is 5.41 Å². The largest absolute Gasteiger partial charge is 0.450 e. The number of nitrogens with zero attached hydrogens (tertiary/aromatic N) is 4. The van der Waals surface area contributed by atoms with Crippen molar-refractivity contribution < 1.29 is 9.53 Å². The molecule has 1 aromatic rings. The number of carbonyl (C=O) groups is 1. The van der Waals surface area contributed by atoms with Crippen LogP contribution in [0.2, 0.25) is 0 Å². The number of fused-ring (bicyclic) bond motifs is 1. The summed E-state index contributed by atoms with van der Waals surface area (Å²) in [5.41, 5.74) is 6.02. The standard InChI is InChI=1S/C21H18BrN5O2/c1-2-29-20(28)27-7-6-15-16(9-23)19(26)21(11-24,12-25)18(17(15)10-27)13-4-3-5-14(22)8-13/h3-6,8,17-18H,2,7,10,26H2,1H3. The number of hydrogen-bond acceptors (Lipinski definition) is 6. The van der Waals surface area contributed by atoms with E-state index >= 15 is 0 Å². The second-order valence-corrected chi connectivity index (χ2v) is 7.75. The summed E-state index contributed by atoms with van der Waals surface area (Å²) in [7, 11) is 0. The van der Waals surface area contributed by atoms with Crippen molar-refractivity contribution in [3.8, 4) is 18.2 Å². The van der Waals surface area contributed by atoms with Gasteiger partial charge >= 0.3 is 6.09 Å². The quantitative estimate of drug-likeness (QED) is 0.734. The highest BCUT2D eigenvalue weighted by molar-refractivity contribution is 9.10. The fourth-order valence-electron chi connectivity index (χ4n) is 4.12. The molecule has 0 spiro atoms. The Balaban J connectivity index is 2.24. The maximum Gasteiger partial charge on any atom is 0.410 e. The molecule has 29 heavy (non-hydrogen) atoms. The van der Waals surface area contributed by atoms with Crippen LogP contribution in [0.4, 0.5) is 4.79 Å². The fraction of sp³-hybridized carbons (Fsp3) is 0.333. The molecule has 0 fully saturated rings. The first-order valence-corrected chi connectivity index (χ1v) is 9.83. The number of ether oxygens (including phenoxy) is 1. The summed E-state index contributed by atoms with van der Waals surface area (Å²) < 4.78 is 5.91. The van der Waals surface area contributed by atoms with Gasteiger partial charge in [-0.25, -0.2) is 4.79 Å². The zero-order chi connectivity index (χ0) is 21.2. The summed E-state index contributed by atoms with van der Waals surface area (Å²) in [4.78, 5) is 13.8. The molecular formula is C21H18BrN5O2. The average Bonchev–Trinajstić information content (AvgIpc) is 2.73. The van der Waals surface area contributed by atoms with Crippen molar-refractivity contribution in [2.45, 2.75) is 12.8 Å². The van der Waals surface area contributed by atoms with Crippen LogP contribution in [-0.4, -0.2) is 30.7 Å². The molecule has 8 heteroatoms. The predicted octanol–water partition coefficient (Wildman–Crippen LogP) is 3.33. The van der Waals surface area contributed by atoms with E-state index in [1.165, 1.54) is 4.90 Å². The molecule has 2 aliphatic rings. The van der Waals surface area contributed by atoms with Crippen LogP contribution in [0.5, 0.6) is 0 Å². The summed E-state index contributed by atoms with van der Waals surface area (Å²) >= 11 is 3.43. The third-order valence-electron chi connectivity index (χ3n) is 5.40. The number of nitriles is 3. The number of amides is 1. The summed E-state index contributed by atoms with van der Waals surface area (Å²) in [6.07, 6.45) is 1.29. The predicted molar refractivity (Wildman–Crippen MR) is 108 cm³/mol. The second-order valence-electron chi connectivity index (χ2n) is 6.83. The van der Waals surface area contributed by atoms with Gasteiger partial charge in [-0.3, -0.25) is 0 Å². The normalized spacial score (nSPS) is 22.4. The molecule has 0 saturated carbocycles. The van der Waals surface area contributed by atoms with E-state index in [9.17, 15) is 20.6 Å². The Morgan fingerprint density at radius 1 is 1.38 bits per heavy atom. The van der Waals surface area contributed by atoms with E-state index in [2.05, 4.69) is 34.1 Å². The van der Waals surface area contributed by atoms with E-state index in [-0.39, 0.29) is 31.0 Å². The molecule has 7 nitrogen and oxygen atoms in total. The van der Waals surface area contributed by atoms with Crippen LogP contribution in [0, 0.1) is 45.3 Å². The minimum atomic E-state index is -1.73. The Kier molecular flexibility index (Phi) is 5.64. The molecule has 0 bridgehead atoms. The molecule has 2 N–H and O–H groups in total. The van der Waals surface area contributed by atoms with Crippen LogP contribution in [-0.2, 0) is 4.74 Å². The van der Waals surface area contributed by atoms with Gasteiger partial charge < -0.3 is 15.4 Å². The van der Waals surface area contributed by atoms with Gasteiger partial charge in [0.2, 0.25) is 0 Å². The summed E-state index contributed by atoms with van der Waals surface area (Å²) in [5.74, 6) is -1.11. The third kappa shape index (κ3) is 3.24. The zero-order valence-corrected chi connectivity index (χ0v) is 17.3.